The molecule has 148 valence electrons. The number of nitrogens with zero attached hydrogens (tertiary/aromatic N) is 4. The SMILES string of the molecule is Cc1cccc(OCC(=O)N2CCn3nc(C(=O)N4CCOCC4)cc3C2)c1. The molecule has 2 aliphatic heterocycles. The van der Waals surface area contributed by atoms with Gasteiger partial charge in [0.05, 0.1) is 32.0 Å². The van der Waals surface area contributed by atoms with Crippen molar-refractivity contribution in [2.45, 2.75) is 20.0 Å². The maximum atomic E-state index is 12.6. The molecule has 1 fully saturated rings. The predicted octanol–water partition coefficient (Wildman–Crippen LogP) is 1.09. The molecule has 2 aliphatic rings. The van der Waals surface area contributed by atoms with Gasteiger partial charge in [-0.2, -0.15) is 5.10 Å². The molecule has 8 nitrogen and oxygen atoms in total. The van der Waals surface area contributed by atoms with Crippen LogP contribution in [0.3, 0.4) is 0 Å². The van der Waals surface area contributed by atoms with Gasteiger partial charge >= 0.3 is 0 Å². The number of rotatable bonds is 4. The third-order valence-electron chi connectivity index (χ3n) is 5.02. The third-order valence-corrected chi connectivity index (χ3v) is 5.02. The Morgan fingerprint density at radius 1 is 1.11 bits per heavy atom. The number of fused-ring (bicyclic) bond motifs is 1. The Labute approximate surface area is 163 Å². The zero-order valence-corrected chi connectivity index (χ0v) is 16.0. The summed E-state index contributed by atoms with van der Waals surface area (Å²) in [4.78, 5) is 28.7. The molecule has 2 amide bonds. The summed E-state index contributed by atoms with van der Waals surface area (Å²) in [7, 11) is 0. The van der Waals surface area contributed by atoms with Gasteiger partial charge in [0.1, 0.15) is 5.75 Å². The minimum Gasteiger partial charge on any atom is -0.484 e. The van der Waals surface area contributed by atoms with Crippen LogP contribution >= 0.6 is 0 Å². The molecule has 4 rings (SSSR count). The van der Waals surface area contributed by atoms with Crippen molar-refractivity contribution in [2.75, 3.05) is 39.5 Å². The number of hydrogen-bond acceptors (Lipinski definition) is 5. The summed E-state index contributed by atoms with van der Waals surface area (Å²) < 4.78 is 12.7. The molecule has 0 saturated carbocycles. The Hall–Kier alpha value is -2.87. The van der Waals surface area contributed by atoms with Crippen LogP contribution in [0.4, 0.5) is 0 Å². The molecule has 2 aromatic rings. The fourth-order valence-corrected chi connectivity index (χ4v) is 3.45. The van der Waals surface area contributed by atoms with E-state index in [0.29, 0.717) is 57.4 Å². The number of hydrogen-bond donors (Lipinski definition) is 0. The van der Waals surface area contributed by atoms with Gasteiger partial charge in [-0.3, -0.25) is 14.3 Å². The normalized spacial score (nSPS) is 16.6. The highest BCUT2D eigenvalue weighted by Crippen LogP contribution is 2.17. The number of aromatic nitrogens is 2. The molecule has 0 N–H and O–H groups in total. The molecule has 0 aliphatic carbocycles. The van der Waals surface area contributed by atoms with Gasteiger partial charge in [0.25, 0.3) is 11.8 Å². The molecule has 1 aromatic carbocycles. The summed E-state index contributed by atoms with van der Waals surface area (Å²) in [5.74, 6) is 0.537. The highest BCUT2D eigenvalue weighted by atomic mass is 16.5. The lowest BCUT2D eigenvalue weighted by Crippen LogP contribution is -2.41. The zero-order chi connectivity index (χ0) is 19.5. The van der Waals surface area contributed by atoms with Crippen LogP contribution in [0.2, 0.25) is 0 Å². The lowest BCUT2D eigenvalue weighted by Gasteiger charge is -2.27. The molecular weight excluding hydrogens is 360 g/mol. The Morgan fingerprint density at radius 2 is 1.93 bits per heavy atom. The Bertz CT molecular complexity index is 873. The van der Waals surface area contributed by atoms with E-state index in [1.165, 1.54) is 0 Å². The molecule has 1 saturated heterocycles. The van der Waals surface area contributed by atoms with E-state index in [4.69, 9.17) is 9.47 Å². The summed E-state index contributed by atoms with van der Waals surface area (Å²) in [6, 6.07) is 9.42. The summed E-state index contributed by atoms with van der Waals surface area (Å²) in [5.41, 5.74) is 2.39. The number of amides is 2. The minimum absolute atomic E-state index is 0.00282. The average molecular weight is 384 g/mol. The zero-order valence-electron chi connectivity index (χ0n) is 16.0. The van der Waals surface area contributed by atoms with E-state index < -0.39 is 0 Å². The Balaban J connectivity index is 1.37. The summed E-state index contributed by atoms with van der Waals surface area (Å²) >= 11 is 0. The number of carbonyl (C=O) groups is 2. The van der Waals surface area contributed by atoms with Crippen LogP contribution in [-0.4, -0.2) is 70.8 Å². The number of morpholine rings is 1. The van der Waals surface area contributed by atoms with Crippen LogP contribution in [0, 0.1) is 6.92 Å². The van der Waals surface area contributed by atoms with Gasteiger partial charge in [-0.1, -0.05) is 12.1 Å². The van der Waals surface area contributed by atoms with Gasteiger partial charge in [-0.25, -0.2) is 0 Å². The Morgan fingerprint density at radius 3 is 2.71 bits per heavy atom. The largest absolute Gasteiger partial charge is 0.484 e. The van der Waals surface area contributed by atoms with Crippen molar-refractivity contribution < 1.29 is 19.1 Å². The van der Waals surface area contributed by atoms with Crippen LogP contribution in [-0.2, 0) is 22.6 Å². The molecule has 8 heteroatoms. The molecule has 0 bridgehead atoms. The lowest BCUT2D eigenvalue weighted by molar-refractivity contribution is -0.134. The number of ether oxygens (including phenoxy) is 2. The minimum atomic E-state index is -0.0779. The van der Waals surface area contributed by atoms with Crippen molar-refractivity contribution in [3.63, 3.8) is 0 Å². The highest BCUT2D eigenvalue weighted by Gasteiger charge is 2.26. The number of aryl methyl sites for hydroxylation is 1. The first-order valence-corrected chi connectivity index (χ1v) is 9.51. The van der Waals surface area contributed by atoms with Gasteiger partial charge in [0.15, 0.2) is 12.3 Å². The van der Waals surface area contributed by atoms with E-state index in [2.05, 4.69) is 5.10 Å². The predicted molar refractivity (Wildman–Crippen MR) is 101 cm³/mol. The van der Waals surface area contributed by atoms with E-state index in [9.17, 15) is 9.59 Å². The van der Waals surface area contributed by atoms with E-state index in [1.54, 1.807) is 15.9 Å². The first-order chi connectivity index (χ1) is 13.6. The first-order valence-electron chi connectivity index (χ1n) is 9.51. The second kappa shape index (κ2) is 8.02. The summed E-state index contributed by atoms with van der Waals surface area (Å²) in [6.07, 6.45) is 0. The van der Waals surface area contributed by atoms with Gasteiger partial charge in [-0.05, 0) is 30.7 Å². The lowest BCUT2D eigenvalue weighted by atomic mass is 10.2. The second-order valence-electron chi connectivity index (χ2n) is 7.07. The van der Waals surface area contributed by atoms with Crippen molar-refractivity contribution >= 4 is 11.8 Å². The van der Waals surface area contributed by atoms with Crippen LogP contribution in [0.15, 0.2) is 30.3 Å². The fraction of sp³-hybridized carbons (Fsp3) is 0.450. The maximum Gasteiger partial charge on any atom is 0.274 e. The van der Waals surface area contributed by atoms with E-state index in [-0.39, 0.29) is 18.4 Å². The number of benzene rings is 1. The van der Waals surface area contributed by atoms with E-state index >= 15 is 0 Å². The second-order valence-corrected chi connectivity index (χ2v) is 7.07. The van der Waals surface area contributed by atoms with Crippen molar-refractivity contribution in [2.24, 2.45) is 0 Å². The standard InChI is InChI=1S/C20H24N4O4/c1-15-3-2-4-17(11-15)28-14-19(25)23-5-6-24-16(13-23)12-18(21-24)20(26)22-7-9-27-10-8-22/h2-4,11-12H,5-10,13-14H2,1H3. The quantitative estimate of drug-likeness (QED) is 0.789. The van der Waals surface area contributed by atoms with Crippen LogP contribution < -0.4 is 4.74 Å². The molecule has 0 spiro atoms. The average Bonchev–Trinajstić information content (AvgIpc) is 3.15. The highest BCUT2D eigenvalue weighted by molar-refractivity contribution is 5.92. The van der Waals surface area contributed by atoms with Crippen molar-refractivity contribution in [3.05, 3.63) is 47.3 Å². The van der Waals surface area contributed by atoms with E-state index in [1.807, 2.05) is 35.9 Å². The van der Waals surface area contributed by atoms with Crippen LogP contribution in [0.1, 0.15) is 21.7 Å². The van der Waals surface area contributed by atoms with Crippen molar-refractivity contribution in [1.82, 2.24) is 19.6 Å². The van der Waals surface area contributed by atoms with Crippen molar-refractivity contribution in [1.29, 1.82) is 0 Å². The Kier molecular flexibility index (Phi) is 5.29. The van der Waals surface area contributed by atoms with Gasteiger partial charge in [-0.15, -0.1) is 0 Å². The molecule has 0 atom stereocenters. The summed E-state index contributed by atoms with van der Waals surface area (Å²) in [5, 5.41) is 4.44. The smallest absolute Gasteiger partial charge is 0.274 e. The monoisotopic (exact) mass is 384 g/mol. The molecular formula is C20H24N4O4. The van der Waals surface area contributed by atoms with Gasteiger partial charge < -0.3 is 19.3 Å². The topological polar surface area (TPSA) is 76.9 Å². The molecule has 0 unspecified atom stereocenters. The molecule has 0 radical (unpaired) electrons. The molecule has 28 heavy (non-hydrogen) atoms. The third kappa shape index (κ3) is 4.01. The van der Waals surface area contributed by atoms with Crippen LogP contribution in [0.5, 0.6) is 5.75 Å². The fourth-order valence-electron chi connectivity index (χ4n) is 3.45. The first kappa shape index (κ1) is 18.5. The van der Waals surface area contributed by atoms with Gasteiger partial charge in [0, 0.05) is 19.6 Å². The molecule has 3 heterocycles. The van der Waals surface area contributed by atoms with Crippen LogP contribution in [0.25, 0.3) is 0 Å². The van der Waals surface area contributed by atoms with E-state index in [0.717, 1.165) is 11.3 Å². The molecule has 1 aromatic heterocycles. The number of carbonyl (C=O) groups excluding carboxylic acids is 2. The summed E-state index contributed by atoms with van der Waals surface area (Å²) in [6.45, 7) is 5.82. The maximum absolute atomic E-state index is 12.6. The van der Waals surface area contributed by atoms with Gasteiger partial charge in [0.2, 0.25) is 0 Å². The van der Waals surface area contributed by atoms with Crippen molar-refractivity contribution in [3.8, 4) is 5.75 Å².